The predicted molar refractivity (Wildman–Crippen MR) is 104 cm³/mol. The molecule has 3 aromatic rings. The van der Waals surface area contributed by atoms with Gasteiger partial charge in [0.15, 0.2) is 5.78 Å². The average Bonchev–Trinajstić information content (AvgIpc) is 2.69. The van der Waals surface area contributed by atoms with Gasteiger partial charge in [-0.15, -0.1) is 0 Å². The lowest BCUT2D eigenvalue weighted by Gasteiger charge is -2.20. The third kappa shape index (κ3) is 4.90. The molecule has 0 saturated carbocycles. The van der Waals surface area contributed by atoms with Gasteiger partial charge < -0.3 is 5.32 Å². The first kappa shape index (κ1) is 17.6. The van der Waals surface area contributed by atoms with E-state index in [1.807, 2.05) is 66.7 Å². The molecule has 0 bridgehead atoms. The van der Waals surface area contributed by atoms with Crippen LogP contribution in [0, 0.1) is 0 Å². The molecule has 0 spiro atoms. The number of nitrogens with one attached hydrogen (secondary N) is 1. The van der Waals surface area contributed by atoms with Gasteiger partial charge in [0.25, 0.3) is 0 Å². The molecule has 0 aromatic heterocycles. The van der Waals surface area contributed by atoms with E-state index in [1.165, 1.54) is 0 Å². The molecule has 1 N–H and O–H groups in total. The minimum Gasteiger partial charge on any atom is -0.378 e. The number of hydrogen-bond donors (Lipinski definition) is 1. The molecule has 0 fully saturated rings. The molecule has 0 radical (unpaired) electrons. The molecular weight excluding hydrogens is 322 g/mol. The van der Waals surface area contributed by atoms with E-state index in [-0.39, 0.29) is 30.4 Å². The third-order valence-electron chi connectivity index (χ3n) is 4.20. The van der Waals surface area contributed by atoms with Gasteiger partial charge in [0.1, 0.15) is 5.78 Å². The van der Waals surface area contributed by atoms with Crippen LogP contribution in [-0.4, -0.2) is 11.6 Å². The SMILES string of the molecule is O=C(CC(=O)c1ccccc1)C[C@H](Nc1ccccc1)c1ccccc1. The van der Waals surface area contributed by atoms with E-state index in [0.717, 1.165) is 11.3 Å². The van der Waals surface area contributed by atoms with E-state index < -0.39 is 0 Å². The maximum absolute atomic E-state index is 12.5. The van der Waals surface area contributed by atoms with Crippen molar-refractivity contribution in [2.24, 2.45) is 0 Å². The van der Waals surface area contributed by atoms with E-state index in [9.17, 15) is 9.59 Å². The number of para-hydroxylation sites is 1. The lowest BCUT2D eigenvalue weighted by Crippen LogP contribution is -2.17. The molecule has 0 amide bonds. The summed E-state index contributed by atoms with van der Waals surface area (Å²) in [5, 5.41) is 3.41. The molecule has 0 aliphatic heterocycles. The van der Waals surface area contributed by atoms with Crippen LogP contribution in [0.1, 0.15) is 34.8 Å². The van der Waals surface area contributed by atoms with Crippen molar-refractivity contribution in [3.63, 3.8) is 0 Å². The molecule has 0 aliphatic carbocycles. The number of carbonyl (C=O) groups excluding carboxylic acids is 2. The minimum absolute atomic E-state index is 0.0730. The molecule has 3 nitrogen and oxygen atoms in total. The average molecular weight is 343 g/mol. The highest BCUT2D eigenvalue weighted by molar-refractivity contribution is 6.08. The van der Waals surface area contributed by atoms with Crippen LogP contribution in [0.15, 0.2) is 91.0 Å². The van der Waals surface area contributed by atoms with E-state index in [0.29, 0.717) is 5.56 Å². The summed E-state index contributed by atoms with van der Waals surface area (Å²) in [5.74, 6) is -0.210. The predicted octanol–water partition coefficient (Wildman–Crippen LogP) is 5.07. The smallest absolute Gasteiger partial charge is 0.170 e. The fourth-order valence-electron chi connectivity index (χ4n) is 2.88. The fraction of sp³-hybridized carbons (Fsp3) is 0.130. The van der Waals surface area contributed by atoms with E-state index in [4.69, 9.17) is 0 Å². The summed E-state index contributed by atoms with van der Waals surface area (Å²) in [7, 11) is 0. The quantitative estimate of drug-likeness (QED) is 0.459. The van der Waals surface area contributed by atoms with Gasteiger partial charge in [-0.25, -0.2) is 0 Å². The second-order valence-corrected chi connectivity index (χ2v) is 6.18. The number of ketones is 2. The van der Waals surface area contributed by atoms with Crippen molar-refractivity contribution < 1.29 is 9.59 Å². The van der Waals surface area contributed by atoms with Gasteiger partial charge in [-0.3, -0.25) is 9.59 Å². The number of carbonyl (C=O) groups is 2. The molecule has 1 atom stereocenters. The normalized spacial score (nSPS) is 11.5. The Bertz CT molecular complexity index is 845. The summed E-state index contributed by atoms with van der Waals surface area (Å²) in [6, 6.07) is 28.4. The number of hydrogen-bond acceptors (Lipinski definition) is 3. The molecule has 3 heteroatoms. The molecule has 0 saturated heterocycles. The fourth-order valence-corrected chi connectivity index (χ4v) is 2.88. The van der Waals surface area contributed by atoms with Crippen LogP contribution in [-0.2, 0) is 4.79 Å². The standard InChI is InChI=1S/C23H21NO2/c25-21(17-23(26)19-12-6-2-7-13-19)16-22(18-10-4-1-5-11-18)24-20-14-8-3-9-15-20/h1-15,22,24H,16-17H2/t22-/m0/s1. The lowest BCUT2D eigenvalue weighted by atomic mass is 9.97. The molecule has 130 valence electrons. The zero-order chi connectivity index (χ0) is 18.2. The highest BCUT2D eigenvalue weighted by atomic mass is 16.1. The van der Waals surface area contributed by atoms with Crippen LogP contribution in [0.5, 0.6) is 0 Å². The van der Waals surface area contributed by atoms with Crippen LogP contribution in [0.4, 0.5) is 5.69 Å². The van der Waals surface area contributed by atoms with Gasteiger partial charge in [0, 0.05) is 17.7 Å². The van der Waals surface area contributed by atoms with Crippen LogP contribution in [0.2, 0.25) is 0 Å². The largest absolute Gasteiger partial charge is 0.378 e. The molecule has 3 aromatic carbocycles. The van der Waals surface area contributed by atoms with Gasteiger partial charge >= 0.3 is 0 Å². The summed E-state index contributed by atoms with van der Waals surface area (Å²) >= 11 is 0. The minimum atomic E-state index is -0.172. The Balaban J connectivity index is 1.71. The van der Waals surface area contributed by atoms with Crippen molar-refractivity contribution >= 4 is 17.3 Å². The Hall–Kier alpha value is -3.20. The Kier molecular flexibility index (Phi) is 5.94. The molecule has 3 rings (SSSR count). The van der Waals surface area contributed by atoms with E-state index >= 15 is 0 Å². The zero-order valence-electron chi connectivity index (χ0n) is 14.5. The first-order valence-corrected chi connectivity index (χ1v) is 8.69. The van der Waals surface area contributed by atoms with Crippen molar-refractivity contribution in [3.8, 4) is 0 Å². The monoisotopic (exact) mass is 343 g/mol. The second-order valence-electron chi connectivity index (χ2n) is 6.18. The van der Waals surface area contributed by atoms with Crippen molar-refractivity contribution in [1.82, 2.24) is 0 Å². The first-order valence-electron chi connectivity index (χ1n) is 8.69. The van der Waals surface area contributed by atoms with Gasteiger partial charge in [-0.05, 0) is 17.7 Å². The topological polar surface area (TPSA) is 46.2 Å². The van der Waals surface area contributed by atoms with Crippen molar-refractivity contribution in [3.05, 3.63) is 102 Å². The maximum Gasteiger partial charge on any atom is 0.170 e. The Labute approximate surface area is 153 Å². The van der Waals surface area contributed by atoms with Gasteiger partial charge in [0.05, 0.1) is 12.5 Å². The van der Waals surface area contributed by atoms with Gasteiger partial charge in [-0.2, -0.15) is 0 Å². The summed E-state index contributed by atoms with van der Waals surface area (Å²) in [6.07, 6.45) is 0.182. The van der Waals surface area contributed by atoms with Crippen molar-refractivity contribution in [2.75, 3.05) is 5.32 Å². The van der Waals surface area contributed by atoms with E-state index in [1.54, 1.807) is 24.3 Å². The summed E-state index contributed by atoms with van der Waals surface area (Å²) in [6.45, 7) is 0. The molecular formula is C23H21NO2. The maximum atomic E-state index is 12.5. The van der Waals surface area contributed by atoms with Gasteiger partial charge in [-0.1, -0.05) is 78.9 Å². The first-order chi connectivity index (χ1) is 12.7. The summed E-state index contributed by atoms with van der Waals surface area (Å²) < 4.78 is 0. The van der Waals surface area contributed by atoms with E-state index in [2.05, 4.69) is 5.32 Å². The lowest BCUT2D eigenvalue weighted by molar-refractivity contribution is -0.118. The molecule has 0 unspecified atom stereocenters. The number of rotatable bonds is 8. The van der Waals surface area contributed by atoms with Crippen LogP contribution < -0.4 is 5.32 Å². The third-order valence-corrected chi connectivity index (χ3v) is 4.20. The molecule has 26 heavy (non-hydrogen) atoms. The highest BCUT2D eigenvalue weighted by Crippen LogP contribution is 2.23. The second kappa shape index (κ2) is 8.77. The van der Waals surface area contributed by atoms with Crippen LogP contribution >= 0.6 is 0 Å². The molecule has 0 heterocycles. The van der Waals surface area contributed by atoms with Crippen LogP contribution in [0.25, 0.3) is 0 Å². The van der Waals surface area contributed by atoms with Crippen LogP contribution in [0.3, 0.4) is 0 Å². The Morgan fingerprint density at radius 3 is 1.88 bits per heavy atom. The number of anilines is 1. The zero-order valence-corrected chi connectivity index (χ0v) is 14.5. The number of benzene rings is 3. The Morgan fingerprint density at radius 1 is 0.731 bits per heavy atom. The Morgan fingerprint density at radius 2 is 1.27 bits per heavy atom. The number of Topliss-reactive ketones (excluding diaryl/α,β-unsaturated/α-hetero) is 2. The summed E-state index contributed by atoms with van der Waals surface area (Å²) in [5.41, 5.74) is 2.55. The van der Waals surface area contributed by atoms with Crippen molar-refractivity contribution in [2.45, 2.75) is 18.9 Å². The molecule has 0 aliphatic rings. The van der Waals surface area contributed by atoms with Gasteiger partial charge in [0.2, 0.25) is 0 Å². The summed E-state index contributed by atoms with van der Waals surface area (Å²) in [4.78, 5) is 24.8. The van der Waals surface area contributed by atoms with Crippen molar-refractivity contribution in [1.29, 1.82) is 0 Å². The highest BCUT2D eigenvalue weighted by Gasteiger charge is 2.18.